The van der Waals surface area contributed by atoms with Crippen LogP contribution >= 0.6 is 0 Å². The van der Waals surface area contributed by atoms with Gasteiger partial charge in [-0.15, -0.1) is 0 Å². The van der Waals surface area contributed by atoms with Gasteiger partial charge in [0.1, 0.15) is 5.75 Å². The fourth-order valence-corrected chi connectivity index (χ4v) is 4.71. The molecule has 0 N–H and O–H groups in total. The Morgan fingerprint density at radius 1 is 1.11 bits per heavy atom. The predicted octanol–water partition coefficient (Wildman–Crippen LogP) is 3.60. The second-order valence-corrected chi connectivity index (χ2v) is 7.51. The molecule has 138 valence electrons. The van der Waals surface area contributed by atoms with Crippen LogP contribution in [0.2, 0.25) is 0 Å². The van der Waals surface area contributed by atoms with Gasteiger partial charge in [-0.1, -0.05) is 12.1 Å². The van der Waals surface area contributed by atoms with Crippen LogP contribution in [0.25, 0.3) is 0 Å². The summed E-state index contributed by atoms with van der Waals surface area (Å²) in [5.74, 6) is 0.922. The summed E-state index contributed by atoms with van der Waals surface area (Å²) in [7, 11) is 1.73. The van der Waals surface area contributed by atoms with Crippen LogP contribution < -0.4 is 4.74 Å². The van der Waals surface area contributed by atoms with Gasteiger partial charge in [0.05, 0.1) is 13.7 Å². The number of hydrogen-bond acceptors (Lipinski definition) is 4. The SMILES string of the molecule is COc1ccc(CN2[C@H]3CC[C@H]2c2cccnc2C3)cc1Cn1cccn1. The number of nitrogens with zero attached hydrogens (tertiary/aromatic N) is 4. The molecule has 2 bridgehead atoms. The zero-order chi connectivity index (χ0) is 18.2. The minimum Gasteiger partial charge on any atom is -0.496 e. The second-order valence-electron chi connectivity index (χ2n) is 7.51. The van der Waals surface area contributed by atoms with Gasteiger partial charge < -0.3 is 4.74 Å². The number of fused-ring (bicyclic) bond motifs is 4. The molecule has 2 atom stereocenters. The van der Waals surface area contributed by atoms with Gasteiger partial charge in [0, 0.05) is 54.9 Å². The Labute approximate surface area is 159 Å². The van der Waals surface area contributed by atoms with Crippen molar-refractivity contribution in [3.8, 4) is 5.75 Å². The highest BCUT2D eigenvalue weighted by Crippen LogP contribution is 2.43. The van der Waals surface area contributed by atoms with Crippen LogP contribution in [0.15, 0.2) is 55.0 Å². The monoisotopic (exact) mass is 360 g/mol. The Hall–Kier alpha value is -2.66. The van der Waals surface area contributed by atoms with E-state index in [1.165, 1.54) is 35.2 Å². The van der Waals surface area contributed by atoms with Crippen LogP contribution in [0.1, 0.15) is 41.3 Å². The van der Waals surface area contributed by atoms with E-state index in [-0.39, 0.29) is 0 Å². The van der Waals surface area contributed by atoms with E-state index in [0.29, 0.717) is 12.1 Å². The number of pyridine rings is 1. The van der Waals surface area contributed by atoms with Crippen LogP contribution in [0.3, 0.4) is 0 Å². The van der Waals surface area contributed by atoms with Crippen LogP contribution in [0.5, 0.6) is 5.75 Å². The maximum atomic E-state index is 5.58. The molecule has 1 aromatic carbocycles. The zero-order valence-corrected chi connectivity index (χ0v) is 15.6. The summed E-state index contributed by atoms with van der Waals surface area (Å²) in [6.45, 7) is 1.70. The van der Waals surface area contributed by atoms with Gasteiger partial charge in [0.15, 0.2) is 0 Å². The van der Waals surface area contributed by atoms with Gasteiger partial charge in [-0.3, -0.25) is 14.6 Å². The van der Waals surface area contributed by atoms with Gasteiger partial charge in [0.25, 0.3) is 0 Å². The molecule has 0 unspecified atom stereocenters. The van der Waals surface area contributed by atoms with Crippen molar-refractivity contribution in [1.29, 1.82) is 0 Å². The number of hydrogen-bond donors (Lipinski definition) is 0. The lowest BCUT2D eigenvalue weighted by atomic mass is 9.97. The molecule has 3 aromatic rings. The van der Waals surface area contributed by atoms with E-state index < -0.39 is 0 Å². The van der Waals surface area contributed by atoms with E-state index in [2.05, 4.69) is 45.3 Å². The Morgan fingerprint density at radius 2 is 2.07 bits per heavy atom. The van der Waals surface area contributed by atoms with E-state index >= 15 is 0 Å². The smallest absolute Gasteiger partial charge is 0.123 e. The average molecular weight is 360 g/mol. The Bertz CT molecular complexity index is 937. The lowest BCUT2D eigenvalue weighted by molar-refractivity contribution is 0.166. The molecule has 27 heavy (non-hydrogen) atoms. The highest BCUT2D eigenvalue weighted by Gasteiger charge is 2.40. The summed E-state index contributed by atoms with van der Waals surface area (Å²) in [5.41, 5.74) is 5.24. The van der Waals surface area contributed by atoms with E-state index in [4.69, 9.17) is 4.74 Å². The maximum absolute atomic E-state index is 5.58. The minimum atomic E-state index is 0.504. The van der Waals surface area contributed by atoms with Gasteiger partial charge in [-0.2, -0.15) is 5.10 Å². The summed E-state index contributed by atoms with van der Waals surface area (Å²) in [6, 6.07) is 14.0. The lowest BCUT2D eigenvalue weighted by Gasteiger charge is -2.35. The molecule has 0 aliphatic carbocycles. The third-order valence-corrected chi connectivity index (χ3v) is 5.96. The molecule has 0 spiro atoms. The number of rotatable bonds is 5. The lowest BCUT2D eigenvalue weighted by Crippen LogP contribution is -2.37. The number of ether oxygens (including phenoxy) is 1. The Morgan fingerprint density at radius 3 is 2.93 bits per heavy atom. The van der Waals surface area contributed by atoms with Crippen LogP contribution in [-0.2, 0) is 19.5 Å². The van der Waals surface area contributed by atoms with Crippen molar-refractivity contribution < 1.29 is 4.74 Å². The van der Waals surface area contributed by atoms with E-state index in [1.807, 2.05) is 29.3 Å². The van der Waals surface area contributed by atoms with Crippen LogP contribution in [0, 0.1) is 0 Å². The minimum absolute atomic E-state index is 0.504. The number of benzene rings is 1. The molecular formula is C22H24N4O. The van der Waals surface area contributed by atoms with Crippen molar-refractivity contribution in [3.05, 3.63) is 77.4 Å². The van der Waals surface area contributed by atoms with Crippen molar-refractivity contribution in [2.75, 3.05) is 7.11 Å². The van der Waals surface area contributed by atoms with Crippen molar-refractivity contribution in [1.82, 2.24) is 19.7 Å². The standard InChI is InChI=1S/C22H24N4O/c1-27-22-8-5-16(12-17(22)15-25-11-3-10-24-25)14-26-18-6-7-21(26)19-4-2-9-23-20(19)13-18/h2-5,8-12,18,21H,6-7,13-15H2,1H3/t18-,21-/m0/s1. The molecule has 1 fully saturated rings. The predicted molar refractivity (Wildman–Crippen MR) is 104 cm³/mol. The quantitative estimate of drug-likeness (QED) is 0.697. The van der Waals surface area contributed by atoms with Crippen LogP contribution in [0.4, 0.5) is 0 Å². The maximum Gasteiger partial charge on any atom is 0.123 e. The van der Waals surface area contributed by atoms with Crippen LogP contribution in [-0.4, -0.2) is 32.8 Å². The van der Waals surface area contributed by atoms with E-state index in [0.717, 1.165) is 25.3 Å². The molecule has 5 heteroatoms. The fraction of sp³-hybridized carbons (Fsp3) is 0.364. The third kappa shape index (κ3) is 3.02. The van der Waals surface area contributed by atoms with Gasteiger partial charge >= 0.3 is 0 Å². The molecule has 0 radical (unpaired) electrons. The topological polar surface area (TPSA) is 43.2 Å². The van der Waals surface area contributed by atoms with Crippen molar-refractivity contribution in [2.45, 2.75) is 44.4 Å². The molecule has 2 aliphatic heterocycles. The van der Waals surface area contributed by atoms with Crippen molar-refractivity contribution in [3.63, 3.8) is 0 Å². The van der Waals surface area contributed by atoms with Gasteiger partial charge in [-0.25, -0.2) is 0 Å². The molecule has 2 aromatic heterocycles. The first kappa shape index (κ1) is 16.5. The Balaban J connectivity index is 1.41. The summed E-state index contributed by atoms with van der Waals surface area (Å²) < 4.78 is 7.52. The summed E-state index contributed by atoms with van der Waals surface area (Å²) in [5, 5.41) is 4.34. The molecule has 2 aliphatic rings. The molecular weight excluding hydrogens is 336 g/mol. The zero-order valence-electron chi connectivity index (χ0n) is 15.6. The molecule has 4 heterocycles. The normalized spacial score (nSPS) is 21.2. The summed E-state index contributed by atoms with van der Waals surface area (Å²) >= 11 is 0. The first-order valence-corrected chi connectivity index (χ1v) is 9.64. The first-order chi connectivity index (χ1) is 13.3. The largest absolute Gasteiger partial charge is 0.496 e. The first-order valence-electron chi connectivity index (χ1n) is 9.64. The molecule has 0 saturated carbocycles. The number of aromatic nitrogens is 3. The van der Waals surface area contributed by atoms with Gasteiger partial charge in [0.2, 0.25) is 0 Å². The number of methoxy groups -OCH3 is 1. The fourth-order valence-electron chi connectivity index (χ4n) is 4.71. The third-order valence-electron chi connectivity index (χ3n) is 5.96. The molecule has 1 saturated heterocycles. The van der Waals surface area contributed by atoms with Crippen molar-refractivity contribution >= 4 is 0 Å². The summed E-state index contributed by atoms with van der Waals surface area (Å²) in [4.78, 5) is 7.30. The van der Waals surface area contributed by atoms with Gasteiger partial charge in [-0.05, 0) is 48.2 Å². The average Bonchev–Trinajstić information content (AvgIpc) is 3.29. The Kier molecular flexibility index (Phi) is 4.17. The van der Waals surface area contributed by atoms with E-state index in [9.17, 15) is 0 Å². The second kappa shape index (κ2) is 6.82. The summed E-state index contributed by atoms with van der Waals surface area (Å²) in [6.07, 6.45) is 9.30. The highest BCUT2D eigenvalue weighted by molar-refractivity contribution is 5.38. The van der Waals surface area contributed by atoms with E-state index in [1.54, 1.807) is 7.11 Å². The highest BCUT2D eigenvalue weighted by atomic mass is 16.5. The molecule has 5 nitrogen and oxygen atoms in total. The van der Waals surface area contributed by atoms with Crippen molar-refractivity contribution in [2.24, 2.45) is 0 Å². The molecule has 5 rings (SSSR count). The molecule has 0 amide bonds.